The number of aromatic amines is 1. The fourth-order valence-electron chi connectivity index (χ4n) is 2.21. The zero-order chi connectivity index (χ0) is 21.9. The van der Waals surface area contributed by atoms with Crippen molar-refractivity contribution in [3.05, 3.63) is 96.2 Å². The Morgan fingerprint density at radius 2 is 1.27 bits per heavy atom. The van der Waals surface area contributed by atoms with Crippen LogP contribution in [0, 0.1) is 0 Å². The minimum atomic E-state index is -0.925. The molecule has 0 unspecified atom stereocenters. The van der Waals surface area contributed by atoms with Crippen LogP contribution in [-0.4, -0.2) is 37.8 Å². The molecule has 9 nitrogen and oxygen atoms in total. The van der Waals surface area contributed by atoms with Crippen molar-refractivity contribution in [1.82, 2.24) is 15.0 Å². The fraction of sp³-hybridized carbons (Fsp3) is 0. The Hall–Kier alpha value is -4.53. The highest BCUT2D eigenvalue weighted by molar-refractivity contribution is 5.93. The maximum Gasteiger partial charge on any atom is 0.352 e. The summed E-state index contributed by atoms with van der Waals surface area (Å²) < 4.78 is 0. The molecule has 4 rings (SSSR count). The number of nitrogens with one attached hydrogen (secondary N) is 1. The third-order valence-corrected chi connectivity index (χ3v) is 3.60. The van der Waals surface area contributed by atoms with Crippen LogP contribution in [0.1, 0.15) is 31.5 Å². The Kier molecular flexibility index (Phi) is 7.77. The smallest absolute Gasteiger partial charge is 0.352 e. The predicted molar refractivity (Wildman–Crippen MR) is 111 cm³/mol. The van der Waals surface area contributed by atoms with E-state index in [1.165, 1.54) is 12.4 Å². The first-order valence-electron chi connectivity index (χ1n) is 8.61. The molecular formula is C21H19N5O4. The number of fused-ring (bicyclic) bond motifs is 1. The van der Waals surface area contributed by atoms with Crippen LogP contribution in [0.5, 0.6) is 0 Å². The molecular weight excluding hydrogens is 386 g/mol. The first-order valence-corrected chi connectivity index (χ1v) is 8.61. The topological polar surface area (TPSA) is 165 Å². The van der Waals surface area contributed by atoms with Crippen molar-refractivity contribution in [3.8, 4) is 0 Å². The maximum atomic E-state index is 10.5. The van der Waals surface area contributed by atoms with Crippen LogP contribution >= 0.6 is 0 Å². The Bertz CT molecular complexity index is 1050. The quantitative estimate of drug-likeness (QED) is 0.408. The number of hydrogen-bond acceptors (Lipinski definition) is 5. The number of H-pyrrole nitrogens is 1. The zero-order valence-electron chi connectivity index (χ0n) is 15.7. The average Bonchev–Trinajstić information content (AvgIpc) is 3.21. The van der Waals surface area contributed by atoms with E-state index in [-0.39, 0.29) is 5.69 Å². The number of benzene rings is 1. The number of carboxylic acid groups (broad SMARTS) is 1. The number of rotatable bonds is 3. The van der Waals surface area contributed by atoms with Crippen molar-refractivity contribution in [1.29, 1.82) is 0 Å². The molecule has 0 radical (unpaired) electrons. The zero-order valence-corrected chi connectivity index (χ0v) is 15.7. The summed E-state index contributed by atoms with van der Waals surface area (Å²) in [7, 11) is 0. The third kappa shape index (κ3) is 6.57. The Labute approximate surface area is 171 Å². The van der Waals surface area contributed by atoms with Gasteiger partial charge in [-0.25, -0.2) is 4.79 Å². The van der Waals surface area contributed by atoms with Gasteiger partial charge in [0, 0.05) is 23.3 Å². The van der Waals surface area contributed by atoms with Crippen LogP contribution in [0.25, 0.3) is 10.9 Å². The van der Waals surface area contributed by atoms with Gasteiger partial charge in [0.05, 0.1) is 0 Å². The lowest BCUT2D eigenvalue weighted by atomic mass is 10.2. The molecule has 0 saturated heterocycles. The number of aromatic carboxylic acids is 1. The number of nitrogens with two attached hydrogens (primary N) is 2. The standard InChI is InChI=1S/C9H7NO2.2C6H6N2O/c11-9(12)8-5-6-3-1-2-4-7(6)10-8;2*7-6(9)5-3-1-2-4-8-5/h1-5,10H,(H,11,12);2*1-4H,(H2,7,9). The first-order chi connectivity index (χ1) is 14.4. The second-order valence-electron chi connectivity index (χ2n) is 5.73. The molecule has 3 heterocycles. The van der Waals surface area contributed by atoms with Gasteiger partial charge >= 0.3 is 5.97 Å². The fourth-order valence-corrected chi connectivity index (χ4v) is 2.21. The molecule has 0 bridgehead atoms. The van der Waals surface area contributed by atoms with E-state index in [9.17, 15) is 14.4 Å². The van der Waals surface area contributed by atoms with E-state index in [0.717, 1.165) is 10.9 Å². The van der Waals surface area contributed by atoms with Gasteiger partial charge < -0.3 is 21.6 Å². The molecule has 0 saturated carbocycles. The van der Waals surface area contributed by atoms with Crippen molar-refractivity contribution in [3.63, 3.8) is 0 Å². The molecule has 1 aromatic carbocycles. The van der Waals surface area contributed by atoms with E-state index in [1.54, 1.807) is 42.5 Å². The third-order valence-electron chi connectivity index (χ3n) is 3.60. The summed E-state index contributed by atoms with van der Waals surface area (Å²) in [5, 5.41) is 9.58. The van der Waals surface area contributed by atoms with E-state index in [4.69, 9.17) is 16.6 Å². The normalized spacial score (nSPS) is 9.47. The van der Waals surface area contributed by atoms with Crippen LogP contribution in [0.3, 0.4) is 0 Å². The monoisotopic (exact) mass is 405 g/mol. The summed E-state index contributed by atoms with van der Waals surface area (Å²) in [5.74, 6) is -1.91. The summed E-state index contributed by atoms with van der Waals surface area (Å²) in [6, 6.07) is 19.1. The molecule has 2 amide bonds. The van der Waals surface area contributed by atoms with E-state index < -0.39 is 17.8 Å². The molecule has 0 fully saturated rings. The summed E-state index contributed by atoms with van der Waals surface area (Å²) in [6.07, 6.45) is 3.06. The summed E-state index contributed by atoms with van der Waals surface area (Å²) in [4.78, 5) is 41.5. The van der Waals surface area contributed by atoms with E-state index in [1.807, 2.05) is 24.3 Å². The highest BCUT2D eigenvalue weighted by Gasteiger charge is 2.05. The predicted octanol–water partition coefficient (Wildman–Crippen LogP) is 2.23. The Balaban J connectivity index is 0.000000163. The Morgan fingerprint density at radius 1 is 0.767 bits per heavy atom. The van der Waals surface area contributed by atoms with Crippen LogP contribution in [0.4, 0.5) is 0 Å². The molecule has 0 aliphatic carbocycles. The first kappa shape index (κ1) is 21.8. The number of amides is 2. The second-order valence-corrected chi connectivity index (χ2v) is 5.73. The molecule has 30 heavy (non-hydrogen) atoms. The minimum Gasteiger partial charge on any atom is -0.477 e. The molecule has 0 spiro atoms. The number of carbonyl (C=O) groups is 3. The van der Waals surface area contributed by atoms with Gasteiger partial charge in [0.2, 0.25) is 0 Å². The van der Waals surface area contributed by atoms with Gasteiger partial charge in [0.15, 0.2) is 0 Å². The molecule has 6 N–H and O–H groups in total. The number of primary amides is 2. The number of pyridine rings is 2. The van der Waals surface area contributed by atoms with Crippen molar-refractivity contribution in [2.24, 2.45) is 11.5 Å². The number of hydrogen-bond donors (Lipinski definition) is 4. The molecule has 4 aromatic rings. The van der Waals surface area contributed by atoms with Gasteiger partial charge in [-0.15, -0.1) is 0 Å². The summed E-state index contributed by atoms with van der Waals surface area (Å²) in [6.45, 7) is 0. The van der Waals surface area contributed by atoms with Crippen molar-refractivity contribution < 1.29 is 19.5 Å². The van der Waals surface area contributed by atoms with E-state index in [2.05, 4.69) is 15.0 Å². The van der Waals surface area contributed by atoms with Crippen molar-refractivity contribution >= 4 is 28.7 Å². The van der Waals surface area contributed by atoms with E-state index >= 15 is 0 Å². The largest absolute Gasteiger partial charge is 0.477 e. The number of nitrogens with zero attached hydrogens (tertiary/aromatic N) is 2. The number of para-hydroxylation sites is 1. The lowest BCUT2D eigenvalue weighted by Crippen LogP contribution is -2.12. The van der Waals surface area contributed by atoms with Crippen LogP contribution in [0.2, 0.25) is 0 Å². The highest BCUT2D eigenvalue weighted by Crippen LogP contribution is 2.14. The molecule has 3 aromatic heterocycles. The van der Waals surface area contributed by atoms with Crippen LogP contribution < -0.4 is 11.5 Å². The lowest BCUT2D eigenvalue weighted by Gasteiger charge is -1.88. The van der Waals surface area contributed by atoms with Gasteiger partial charge in [-0.2, -0.15) is 0 Å². The van der Waals surface area contributed by atoms with Crippen molar-refractivity contribution in [2.75, 3.05) is 0 Å². The number of aromatic nitrogens is 3. The van der Waals surface area contributed by atoms with Gasteiger partial charge in [-0.05, 0) is 36.4 Å². The van der Waals surface area contributed by atoms with Gasteiger partial charge in [-0.3, -0.25) is 19.6 Å². The average molecular weight is 405 g/mol. The van der Waals surface area contributed by atoms with Gasteiger partial charge in [0.25, 0.3) is 11.8 Å². The number of carbonyl (C=O) groups excluding carboxylic acids is 2. The molecule has 9 heteroatoms. The molecule has 0 aliphatic heterocycles. The summed E-state index contributed by atoms with van der Waals surface area (Å²) >= 11 is 0. The Morgan fingerprint density at radius 3 is 1.63 bits per heavy atom. The van der Waals surface area contributed by atoms with Gasteiger partial charge in [0.1, 0.15) is 17.1 Å². The van der Waals surface area contributed by atoms with Crippen molar-refractivity contribution in [2.45, 2.75) is 0 Å². The molecule has 152 valence electrons. The maximum absolute atomic E-state index is 10.5. The number of carboxylic acids is 1. The molecule has 0 aliphatic rings. The minimum absolute atomic E-state index is 0.233. The van der Waals surface area contributed by atoms with Crippen LogP contribution in [-0.2, 0) is 0 Å². The highest BCUT2D eigenvalue weighted by atomic mass is 16.4. The van der Waals surface area contributed by atoms with E-state index in [0.29, 0.717) is 11.4 Å². The SMILES string of the molecule is NC(=O)c1ccccn1.NC(=O)c1ccccn1.O=C(O)c1cc2ccccc2[nH]1. The summed E-state index contributed by atoms with van der Waals surface area (Å²) in [5.41, 5.74) is 11.5. The second kappa shape index (κ2) is 10.7. The lowest BCUT2D eigenvalue weighted by molar-refractivity contribution is 0.0691. The van der Waals surface area contributed by atoms with Crippen LogP contribution in [0.15, 0.2) is 79.1 Å². The molecule has 0 atom stereocenters. The van der Waals surface area contributed by atoms with Gasteiger partial charge in [-0.1, -0.05) is 30.3 Å².